The number of oxazole rings is 1. The van der Waals surface area contributed by atoms with Crippen LogP contribution in [0.4, 0.5) is 0 Å². The van der Waals surface area contributed by atoms with E-state index in [1.54, 1.807) is 0 Å². The first-order valence-corrected chi connectivity index (χ1v) is 11.2. The van der Waals surface area contributed by atoms with Crippen LogP contribution in [-0.2, 0) is 16.7 Å². The van der Waals surface area contributed by atoms with Crippen LogP contribution in [0.5, 0.6) is 0 Å². The van der Waals surface area contributed by atoms with Crippen molar-refractivity contribution in [1.82, 2.24) is 20.5 Å². The quantitative estimate of drug-likeness (QED) is 0.484. The molecule has 1 aliphatic rings. The molecule has 0 radical (unpaired) electrons. The number of nitrogens with zero attached hydrogens (tertiary/aromatic N) is 3. The summed E-state index contributed by atoms with van der Waals surface area (Å²) in [5.74, 6) is 3.01. The Labute approximate surface area is 176 Å². The van der Waals surface area contributed by atoms with Crippen molar-refractivity contribution in [3.05, 3.63) is 17.8 Å². The third kappa shape index (κ3) is 7.30. The van der Waals surface area contributed by atoms with Gasteiger partial charge in [-0.3, -0.25) is 4.90 Å². The first kappa shape index (κ1) is 23.7. The average Bonchev–Trinajstić information content (AvgIpc) is 3.19. The molecule has 0 aromatic carbocycles. The van der Waals surface area contributed by atoms with Crippen LogP contribution in [0.25, 0.3) is 0 Å². The van der Waals surface area contributed by atoms with Gasteiger partial charge >= 0.3 is 0 Å². The van der Waals surface area contributed by atoms with Crippen LogP contribution in [0.15, 0.2) is 15.6 Å². The summed E-state index contributed by atoms with van der Waals surface area (Å²) in [4.78, 5) is 11.7. The molecule has 0 saturated carbocycles. The monoisotopic (exact) mass is 407 g/mol. The number of aliphatic imine (C=N–C) groups is 1. The van der Waals surface area contributed by atoms with Crippen LogP contribution in [-0.4, -0.2) is 61.3 Å². The van der Waals surface area contributed by atoms with Gasteiger partial charge in [0.15, 0.2) is 5.96 Å². The fourth-order valence-corrected chi connectivity index (χ4v) is 3.76. The zero-order valence-corrected chi connectivity index (χ0v) is 19.3. The number of rotatable bonds is 9. The van der Waals surface area contributed by atoms with Gasteiger partial charge in [0.05, 0.1) is 19.4 Å². The lowest BCUT2D eigenvalue weighted by molar-refractivity contribution is 0.00272. The van der Waals surface area contributed by atoms with Crippen molar-refractivity contribution >= 4 is 5.96 Å². The summed E-state index contributed by atoms with van der Waals surface area (Å²) in [6.45, 7) is 18.8. The van der Waals surface area contributed by atoms with Gasteiger partial charge in [-0.15, -0.1) is 0 Å². The highest BCUT2D eigenvalue weighted by Gasteiger charge is 2.27. The van der Waals surface area contributed by atoms with E-state index in [-0.39, 0.29) is 5.41 Å². The molecule has 0 aliphatic carbocycles. The molecular weight excluding hydrogens is 366 g/mol. The summed E-state index contributed by atoms with van der Waals surface area (Å²) < 4.78 is 11.4. The molecule has 1 fully saturated rings. The molecule has 1 unspecified atom stereocenters. The molecule has 2 rings (SSSR count). The molecule has 1 saturated heterocycles. The lowest BCUT2D eigenvalue weighted by atomic mass is 9.92. The molecule has 29 heavy (non-hydrogen) atoms. The Bertz CT molecular complexity index is 613. The molecule has 7 heteroatoms. The minimum absolute atomic E-state index is 0.0432. The molecule has 1 aliphatic heterocycles. The zero-order valence-electron chi connectivity index (χ0n) is 19.3. The van der Waals surface area contributed by atoms with Crippen LogP contribution in [0, 0.1) is 5.92 Å². The third-order valence-electron chi connectivity index (χ3n) is 5.60. The Balaban J connectivity index is 2.02. The third-order valence-corrected chi connectivity index (χ3v) is 5.60. The van der Waals surface area contributed by atoms with Crippen molar-refractivity contribution in [3.8, 4) is 0 Å². The predicted octanol–water partition coefficient (Wildman–Crippen LogP) is 3.16. The van der Waals surface area contributed by atoms with Gasteiger partial charge in [-0.05, 0) is 12.8 Å². The molecule has 1 atom stereocenters. The van der Waals surface area contributed by atoms with E-state index in [4.69, 9.17) is 14.1 Å². The van der Waals surface area contributed by atoms with Crippen LogP contribution < -0.4 is 10.6 Å². The second-order valence-corrected chi connectivity index (χ2v) is 8.74. The van der Waals surface area contributed by atoms with Crippen molar-refractivity contribution in [2.24, 2.45) is 10.9 Å². The number of hydrogen-bond donors (Lipinski definition) is 2. The van der Waals surface area contributed by atoms with E-state index in [2.05, 4.69) is 62.1 Å². The van der Waals surface area contributed by atoms with Crippen molar-refractivity contribution < 1.29 is 9.15 Å². The number of hydrogen-bond acceptors (Lipinski definition) is 5. The van der Waals surface area contributed by atoms with Crippen LogP contribution in [0.3, 0.4) is 0 Å². The summed E-state index contributed by atoms with van der Waals surface area (Å²) in [5.41, 5.74) is -0.0432. The van der Waals surface area contributed by atoms with E-state index < -0.39 is 0 Å². The molecule has 1 aromatic rings. The molecule has 1 aromatic heterocycles. The van der Waals surface area contributed by atoms with Gasteiger partial charge in [0.2, 0.25) is 5.89 Å². The summed E-state index contributed by atoms with van der Waals surface area (Å²) in [6.07, 6.45) is 4.17. The maximum Gasteiger partial charge on any atom is 0.216 e. The Morgan fingerprint density at radius 3 is 2.41 bits per heavy atom. The highest BCUT2D eigenvalue weighted by molar-refractivity contribution is 5.79. The van der Waals surface area contributed by atoms with Crippen LogP contribution in [0.1, 0.15) is 66.0 Å². The maximum absolute atomic E-state index is 5.87. The van der Waals surface area contributed by atoms with Gasteiger partial charge in [-0.2, -0.15) is 0 Å². The largest absolute Gasteiger partial charge is 0.443 e. The number of guanidine groups is 1. The summed E-state index contributed by atoms with van der Waals surface area (Å²) in [7, 11) is 0. The number of morpholine rings is 1. The molecule has 2 heterocycles. The molecule has 7 nitrogen and oxygen atoms in total. The van der Waals surface area contributed by atoms with Crippen molar-refractivity contribution in [1.29, 1.82) is 0 Å². The summed E-state index contributed by atoms with van der Waals surface area (Å²) in [5, 5.41) is 6.91. The lowest BCUT2D eigenvalue weighted by Crippen LogP contribution is -2.53. The molecule has 166 valence electrons. The van der Waals surface area contributed by atoms with Crippen molar-refractivity contribution in [3.63, 3.8) is 0 Å². The van der Waals surface area contributed by atoms with Gasteiger partial charge in [0.25, 0.3) is 0 Å². The van der Waals surface area contributed by atoms with E-state index in [1.165, 1.54) is 12.8 Å². The van der Waals surface area contributed by atoms with Gasteiger partial charge in [-0.25, -0.2) is 9.98 Å². The predicted molar refractivity (Wildman–Crippen MR) is 118 cm³/mol. The number of nitrogens with one attached hydrogen (secondary N) is 2. The second kappa shape index (κ2) is 11.6. The summed E-state index contributed by atoms with van der Waals surface area (Å²) >= 11 is 0. The van der Waals surface area contributed by atoms with E-state index in [1.807, 2.05) is 6.20 Å². The van der Waals surface area contributed by atoms with Crippen molar-refractivity contribution in [2.45, 2.75) is 72.4 Å². The lowest BCUT2D eigenvalue weighted by Gasteiger charge is -2.39. The fraction of sp³-hybridized carbons (Fsp3) is 0.818. The van der Waals surface area contributed by atoms with E-state index in [0.717, 1.165) is 51.1 Å². The SMILES string of the molecule is CCNC(=NCc1ncc(C(C)(C)C)o1)NCC(C(CC)CC)N1CCOCC1. The Morgan fingerprint density at radius 1 is 1.17 bits per heavy atom. The second-order valence-electron chi connectivity index (χ2n) is 8.74. The minimum atomic E-state index is -0.0432. The van der Waals surface area contributed by atoms with Crippen molar-refractivity contribution in [2.75, 3.05) is 39.4 Å². The highest BCUT2D eigenvalue weighted by Crippen LogP contribution is 2.23. The zero-order chi connectivity index (χ0) is 21.3. The minimum Gasteiger partial charge on any atom is -0.443 e. The van der Waals surface area contributed by atoms with E-state index in [0.29, 0.717) is 24.4 Å². The summed E-state index contributed by atoms with van der Waals surface area (Å²) in [6, 6.07) is 0.479. The Kier molecular flexibility index (Phi) is 9.43. The first-order valence-electron chi connectivity index (χ1n) is 11.2. The van der Waals surface area contributed by atoms with Crippen LogP contribution in [0.2, 0.25) is 0 Å². The maximum atomic E-state index is 5.87. The molecule has 0 amide bonds. The smallest absolute Gasteiger partial charge is 0.216 e. The van der Waals surface area contributed by atoms with Gasteiger partial charge in [0, 0.05) is 37.6 Å². The van der Waals surface area contributed by atoms with Gasteiger partial charge in [0.1, 0.15) is 12.3 Å². The topological polar surface area (TPSA) is 74.9 Å². The van der Waals surface area contributed by atoms with E-state index in [9.17, 15) is 0 Å². The Hall–Kier alpha value is -1.60. The van der Waals surface area contributed by atoms with E-state index >= 15 is 0 Å². The highest BCUT2D eigenvalue weighted by atomic mass is 16.5. The molecule has 0 bridgehead atoms. The number of ether oxygens (including phenoxy) is 1. The fourth-order valence-electron chi connectivity index (χ4n) is 3.76. The van der Waals surface area contributed by atoms with Crippen LogP contribution >= 0.6 is 0 Å². The standard InChI is InChI=1S/C22H41N5O2/c1-7-17(8-2)18(27-10-12-28-13-11-27)14-25-21(23-9-3)26-16-20-24-15-19(29-20)22(4,5)6/h15,17-18H,7-14,16H2,1-6H3,(H2,23,25,26). The van der Waals surface area contributed by atoms with Gasteiger partial charge < -0.3 is 19.8 Å². The van der Waals surface area contributed by atoms with Gasteiger partial charge in [-0.1, -0.05) is 47.5 Å². The first-order chi connectivity index (χ1) is 13.9. The molecular formula is C22H41N5O2. The average molecular weight is 408 g/mol. The molecule has 0 spiro atoms. The Morgan fingerprint density at radius 2 is 1.86 bits per heavy atom. The normalized spacial score (nSPS) is 17.6. The molecule has 2 N–H and O–H groups in total. The number of aromatic nitrogens is 1.